The van der Waals surface area contributed by atoms with E-state index in [4.69, 9.17) is 10.5 Å². The summed E-state index contributed by atoms with van der Waals surface area (Å²) >= 11 is 0. The minimum atomic E-state index is 0.515. The van der Waals surface area contributed by atoms with Gasteiger partial charge in [0.2, 0.25) is 0 Å². The van der Waals surface area contributed by atoms with E-state index in [-0.39, 0.29) is 0 Å². The van der Waals surface area contributed by atoms with Crippen molar-refractivity contribution in [3.05, 3.63) is 29.8 Å². The second-order valence-corrected chi connectivity index (χ2v) is 5.57. The number of para-hydroxylation sites is 1. The van der Waals surface area contributed by atoms with Crippen LogP contribution < -0.4 is 10.5 Å². The van der Waals surface area contributed by atoms with Gasteiger partial charge in [0.05, 0.1) is 6.61 Å². The van der Waals surface area contributed by atoms with Crippen LogP contribution in [0.3, 0.4) is 0 Å². The molecule has 0 aliphatic carbocycles. The van der Waals surface area contributed by atoms with Crippen LogP contribution in [-0.4, -0.2) is 30.6 Å². The molecule has 2 aliphatic heterocycles. The fourth-order valence-corrected chi connectivity index (χ4v) is 3.44. The van der Waals surface area contributed by atoms with Crippen LogP contribution in [0.25, 0.3) is 0 Å². The summed E-state index contributed by atoms with van der Waals surface area (Å²) in [5, 5.41) is 0. The molecular weight excluding hydrogens is 224 g/mol. The SMILES string of the molecule is CC1CC(CN)CN1C1CCOc2ccccc21. The molecule has 3 unspecified atom stereocenters. The third kappa shape index (κ3) is 2.02. The van der Waals surface area contributed by atoms with Crippen LogP contribution >= 0.6 is 0 Å². The highest BCUT2D eigenvalue weighted by molar-refractivity contribution is 5.37. The first-order chi connectivity index (χ1) is 8.79. The fraction of sp³-hybridized carbons (Fsp3) is 0.600. The fourth-order valence-electron chi connectivity index (χ4n) is 3.44. The summed E-state index contributed by atoms with van der Waals surface area (Å²) in [7, 11) is 0. The Morgan fingerprint density at radius 1 is 1.39 bits per heavy atom. The number of benzene rings is 1. The molecule has 1 aromatic carbocycles. The largest absolute Gasteiger partial charge is 0.493 e. The van der Waals surface area contributed by atoms with Crippen molar-refractivity contribution in [1.29, 1.82) is 0 Å². The summed E-state index contributed by atoms with van der Waals surface area (Å²) in [6.45, 7) is 5.11. The van der Waals surface area contributed by atoms with Gasteiger partial charge in [0.1, 0.15) is 5.75 Å². The molecule has 0 saturated carbocycles. The molecule has 3 nitrogen and oxygen atoms in total. The molecule has 0 spiro atoms. The van der Waals surface area contributed by atoms with Crippen LogP contribution in [0.5, 0.6) is 5.75 Å². The monoisotopic (exact) mass is 246 g/mol. The highest BCUT2D eigenvalue weighted by Gasteiger charge is 2.36. The van der Waals surface area contributed by atoms with Crippen LogP contribution in [0.2, 0.25) is 0 Å². The lowest BCUT2D eigenvalue weighted by Gasteiger charge is -2.35. The second-order valence-electron chi connectivity index (χ2n) is 5.57. The lowest BCUT2D eigenvalue weighted by Crippen LogP contribution is -2.35. The van der Waals surface area contributed by atoms with E-state index in [0.717, 1.165) is 31.9 Å². The van der Waals surface area contributed by atoms with Gasteiger partial charge >= 0.3 is 0 Å². The second kappa shape index (κ2) is 4.90. The molecule has 2 aliphatic rings. The van der Waals surface area contributed by atoms with Crippen molar-refractivity contribution >= 4 is 0 Å². The Labute approximate surface area is 109 Å². The Hall–Kier alpha value is -1.06. The Morgan fingerprint density at radius 3 is 3.00 bits per heavy atom. The quantitative estimate of drug-likeness (QED) is 0.869. The van der Waals surface area contributed by atoms with Gasteiger partial charge in [-0.3, -0.25) is 4.90 Å². The van der Waals surface area contributed by atoms with Crippen molar-refractivity contribution in [2.24, 2.45) is 11.7 Å². The maximum absolute atomic E-state index is 5.83. The van der Waals surface area contributed by atoms with Crippen molar-refractivity contribution < 1.29 is 4.74 Å². The number of fused-ring (bicyclic) bond motifs is 1. The third-order valence-electron chi connectivity index (χ3n) is 4.37. The molecule has 3 heteroatoms. The predicted molar refractivity (Wildman–Crippen MR) is 72.6 cm³/mol. The molecule has 3 rings (SSSR count). The van der Waals surface area contributed by atoms with E-state index < -0.39 is 0 Å². The topological polar surface area (TPSA) is 38.5 Å². The van der Waals surface area contributed by atoms with E-state index >= 15 is 0 Å². The number of nitrogens with two attached hydrogens (primary N) is 1. The van der Waals surface area contributed by atoms with Gasteiger partial charge in [-0.1, -0.05) is 18.2 Å². The van der Waals surface area contributed by atoms with Crippen LogP contribution in [0.4, 0.5) is 0 Å². The zero-order valence-corrected chi connectivity index (χ0v) is 11.0. The molecule has 1 fully saturated rings. The smallest absolute Gasteiger partial charge is 0.124 e. The number of ether oxygens (including phenoxy) is 1. The molecule has 0 amide bonds. The van der Waals surface area contributed by atoms with Gasteiger partial charge in [0, 0.05) is 30.6 Å². The van der Waals surface area contributed by atoms with E-state index in [0.29, 0.717) is 18.0 Å². The van der Waals surface area contributed by atoms with Gasteiger partial charge < -0.3 is 10.5 Å². The van der Waals surface area contributed by atoms with Gasteiger partial charge in [0.15, 0.2) is 0 Å². The Kier molecular flexibility index (Phi) is 3.27. The third-order valence-corrected chi connectivity index (χ3v) is 4.37. The first-order valence-corrected chi connectivity index (χ1v) is 6.97. The average Bonchev–Trinajstić information content (AvgIpc) is 2.79. The van der Waals surface area contributed by atoms with Crippen molar-refractivity contribution in [3.8, 4) is 5.75 Å². The van der Waals surface area contributed by atoms with Crippen LogP contribution in [-0.2, 0) is 0 Å². The molecule has 3 atom stereocenters. The molecule has 18 heavy (non-hydrogen) atoms. The molecular formula is C15H22N2O. The highest BCUT2D eigenvalue weighted by Crippen LogP contribution is 2.40. The summed E-state index contributed by atoms with van der Waals surface area (Å²) in [5.41, 5.74) is 7.19. The molecule has 1 saturated heterocycles. The maximum Gasteiger partial charge on any atom is 0.124 e. The van der Waals surface area contributed by atoms with Crippen molar-refractivity contribution in [3.63, 3.8) is 0 Å². The van der Waals surface area contributed by atoms with Crippen LogP contribution in [0, 0.1) is 5.92 Å². The minimum Gasteiger partial charge on any atom is -0.493 e. The molecule has 0 radical (unpaired) electrons. The Morgan fingerprint density at radius 2 is 2.22 bits per heavy atom. The highest BCUT2D eigenvalue weighted by atomic mass is 16.5. The molecule has 0 aromatic heterocycles. The predicted octanol–water partition coefficient (Wildman–Crippen LogP) is 2.18. The molecule has 98 valence electrons. The van der Waals surface area contributed by atoms with Gasteiger partial charge in [-0.15, -0.1) is 0 Å². The summed E-state index contributed by atoms with van der Waals surface area (Å²) in [6.07, 6.45) is 2.33. The normalized spacial score (nSPS) is 32.0. The average molecular weight is 246 g/mol. The van der Waals surface area contributed by atoms with E-state index in [9.17, 15) is 0 Å². The number of rotatable bonds is 2. The summed E-state index contributed by atoms with van der Waals surface area (Å²) in [5.74, 6) is 1.73. The van der Waals surface area contributed by atoms with Gasteiger partial charge in [0.25, 0.3) is 0 Å². The van der Waals surface area contributed by atoms with Crippen molar-refractivity contribution in [2.75, 3.05) is 19.7 Å². The van der Waals surface area contributed by atoms with E-state index in [1.807, 2.05) is 0 Å². The summed E-state index contributed by atoms with van der Waals surface area (Å²) < 4.78 is 5.75. The first kappa shape index (κ1) is 12.0. The molecule has 2 N–H and O–H groups in total. The zero-order valence-electron chi connectivity index (χ0n) is 11.0. The Bertz CT molecular complexity index is 421. The zero-order chi connectivity index (χ0) is 12.5. The van der Waals surface area contributed by atoms with E-state index in [1.165, 1.54) is 12.0 Å². The van der Waals surface area contributed by atoms with Gasteiger partial charge in [-0.2, -0.15) is 0 Å². The van der Waals surface area contributed by atoms with Crippen LogP contribution in [0.1, 0.15) is 31.4 Å². The van der Waals surface area contributed by atoms with Crippen molar-refractivity contribution in [2.45, 2.75) is 31.8 Å². The van der Waals surface area contributed by atoms with Gasteiger partial charge in [-0.05, 0) is 31.9 Å². The summed E-state index contributed by atoms with van der Waals surface area (Å²) in [6, 6.07) is 9.61. The maximum atomic E-state index is 5.83. The standard InChI is InChI=1S/C15H22N2O/c1-11-8-12(9-16)10-17(11)14-6-7-18-15-5-3-2-4-13(14)15/h2-5,11-12,14H,6-10,16H2,1H3. The lowest BCUT2D eigenvalue weighted by molar-refractivity contribution is 0.132. The number of likely N-dealkylation sites (tertiary alicyclic amines) is 1. The van der Waals surface area contributed by atoms with Crippen LogP contribution in [0.15, 0.2) is 24.3 Å². The molecule has 2 heterocycles. The molecule has 1 aromatic rings. The van der Waals surface area contributed by atoms with E-state index in [1.54, 1.807) is 0 Å². The van der Waals surface area contributed by atoms with Gasteiger partial charge in [-0.25, -0.2) is 0 Å². The number of nitrogens with zero attached hydrogens (tertiary/aromatic N) is 1. The van der Waals surface area contributed by atoms with Crippen molar-refractivity contribution in [1.82, 2.24) is 4.90 Å². The number of hydrogen-bond acceptors (Lipinski definition) is 3. The lowest BCUT2D eigenvalue weighted by atomic mass is 9.98. The first-order valence-electron chi connectivity index (χ1n) is 6.97. The molecule has 0 bridgehead atoms. The number of hydrogen-bond donors (Lipinski definition) is 1. The van der Waals surface area contributed by atoms with E-state index in [2.05, 4.69) is 36.1 Å². The minimum absolute atomic E-state index is 0.515. The summed E-state index contributed by atoms with van der Waals surface area (Å²) in [4.78, 5) is 2.62. The Balaban J connectivity index is 1.86.